The Morgan fingerprint density at radius 3 is 2.45 bits per heavy atom. The molecule has 9 nitrogen and oxygen atoms in total. The van der Waals surface area contributed by atoms with Crippen LogP contribution in [-0.2, 0) is 22.3 Å². The summed E-state index contributed by atoms with van der Waals surface area (Å²) in [6.07, 6.45) is -1.74. The van der Waals surface area contributed by atoms with Gasteiger partial charge in [0.25, 0.3) is 11.1 Å². The SMILES string of the molecule is CC(C)(C)OC(=O)N1CCN(CCN2C(=O)SC(=Cc3ccc4c(cnn4Cc4ccc(Cl)cc4C(F)(F)F)c3)C2=O)CC1. The summed E-state index contributed by atoms with van der Waals surface area (Å²) in [5.74, 6) is -0.384. The molecule has 0 atom stereocenters. The number of hydrogen-bond acceptors (Lipinski definition) is 7. The lowest BCUT2D eigenvalue weighted by molar-refractivity contribution is -0.138. The van der Waals surface area contributed by atoms with Crippen molar-refractivity contribution < 1.29 is 32.3 Å². The summed E-state index contributed by atoms with van der Waals surface area (Å²) in [5, 5.41) is 4.59. The molecule has 0 radical (unpaired) electrons. The number of halogens is 4. The Balaban J connectivity index is 1.21. The second-order valence-electron chi connectivity index (χ2n) is 11.6. The molecule has 3 amide bonds. The van der Waals surface area contributed by atoms with Crippen molar-refractivity contribution in [3.8, 4) is 0 Å². The van der Waals surface area contributed by atoms with Crippen LogP contribution in [0.3, 0.4) is 0 Å². The molecule has 1 aromatic heterocycles. The Morgan fingerprint density at radius 1 is 1.05 bits per heavy atom. The molecule has 44 heavy (non-hydrogen) atoms. The van der Waals surface area contributed by atoms with Gasteiger partial charge in [0.05, 0.1) is 28.7 Å². The topological polar surface area (TPSA) is 88.0 Å². The zero-order valence-electron chi connectivity index (χ0n) is 24.4. The van der Waals surface area contributed by atoms with Crippen LogP contribution in [0.25, 0.3) is 17.0 Å². The van der Waals surface area contributed by atoms with Gasteiger partial charge in [-0.15, -0.1) is 0 Å². The van der Waals surface area contributed by atoms with E-state index < -0.39 is 17.3 Å². The Bertz CT molecular complexity index is 1630. The molecule has 2 aliphatic heterocycles. The standard InChI is InChI=1S/C30H31ClF3N5O4S/c1-29(2,3)43-27(41)37-11-8-36(9-12-37)10-13-38-26(40)25(44-28(38)42)15-19-4-7-24-21(14-19)17-35-39(24)18-20-5-6-22(31)16-23(20)30(32,33)34/h4-7,14-17H,8-13,18H2,1-3H3. The maximum absolute atomic E-state index is 13.6. The Hall–Kier alpha value is -3.55. The number of thioether (sulfide) groups is 1. The molecule has 0 spiro atoms. The minimum absolute atomic E-state index is 0.00131. The van der Waals surface area contributed by atoms with E-state index in [1.165, 1.54) is 21.7 Å². The third kappa shape index (κ3) is 7.39. The second kappa shape index (κ2) is 12.4. The van der Waals surface area contributed by atoms with Crippen LogP contribution in [0.15, 0.2) is 47.5 Å². The average Bonchev–Trinajstić information content (AvgIpc) is 3.46. The van der Waals surface area contributed by atoms with Crippen molar-refractivity contribution in [1.29, 1.82) is 0 Å². The van der Waals surface area contributed by atoms with Gasteiger partial charge in [-0.25, -0.2) is 4.79 Å². The number of ether oxygens (including phenoxy) is 1. The van der Waals surface area contributed by atoms with Crippen molar-refractivity contribution in [2.45, 2.75) is 39.1 Å². The van der Waals surface area contributed by atoms with Crippen molar-refractivity contribution in [2.75, 3.05) is 39.3 Å². The maximum Gasteiger partial charge on any atom is 0.416 e. The highest BCUT2D eigenvalue weighted by molar-refractivity contribution is 8.18. The van der Waals surface area contributed by atoms with Gasteiger partial charge < -0.3 is 9.64 Å². The summed E-state index contributed by atoms with van der Waals surface area (Å²) in [5.41, 5.74) is -0.0734. The fourth-order valence-corrected chi connectivity index (χ4v) is 6.04. The van der Waals surface area contributed by atoms with Gasteiger partial charge >= 0.3 is 12.3 Å². The van der Waals surface area contributed by atoms with Crippen LogP contribution < -0.4 is 0 Å². The number of fused-ring (bicyclic) bond motifs is 1. The van der Waals surface area contributed by atoms with Crippen LogP contribution in [0.4, 0.5) is 22.8 Å². The molecule has 0 saturated carbocycles. The van der Waals surface area contributed by atoms with Crippen molar-refractivity contribution >= 4 is 57.6 Å². The number of benzene rings is 2. The zero-order chi connectivity index (χ0) is 31.8. The van der Waals surface area contributed by atoms with Gasteiger partial charge in [-0.3, -0.25) is 24.1 Å². The number of nitrogens with zero attached hydrogens (tertiary/aromatic N) is 5. The molecule has 14 heteroatoms. The van der Waals surface area contributed by atoms with E-state index in [0.717, 1.165) is 17.8 Å². The van der Waals surface area contributed by atoms with Gasteiger partial charge in [0, 0.05) is 49.7 Å². The normalized spacial score (nSPS) is 17.8. The van der Waals surface area contributed by atoms with Crippen molar-refractivity contribution in [3.05, 3.63) is 69.2 Å². The van der Waals surface area contributed by atoms with Crippen LogP contribution in [-0.4, -0.2) is 86.6 Å². The van der Waals surface area contributed by atoms with Gasteiger partial charge in [0.1, 0.15) is 5.60 Å². The third-order valence-electron chi connectivity index (χ3n) is 7.20. The first-order valence-corrected chi connectivity index (χ1v) is 15.1. The third-order valence-corrected chi connectivity index (χ3v) is 8.34. The van der Waals surface area contributed by atoms with Crippen molar-refractivity contribution in [3.63, 3.8) is 0 Å². The summed E-state index contributed by atoms with van der Waals surface area (Å²) in [6.45, 7) is 8.28. The number of amides is 3. The quantitative estimate of drug-likeness (QED) is 0.288. The van der Waals surface area contributed by atoms with E-state index in [2.05, 4.69) is 10.00 Å². The van der Waals surface area contributed by atoms with Crippen LogP contribution >= 0.6 is 23.4 Å². The van der Waals surface area contributed by atoms with E-state index in [9.17, 15) is 27.6 Å². The van der Waals surface area contributed by atoms with Gasteiger partial charge in [-0.2, -0.15) is 18.3 Å². The summed E-state index contributed by atoms with van der Waals surface area (Å²) >= 11 is 6.67. The Labute approximate surface area is 261 Å². The molecular formula is C30H31ClF3N5O4S. The van der Waals surface area contributed by atoms with E-state index in [0.29, 0.717) is 49.2 Å². The summed E-state index contributed by atoms with van der Waals surface area (Å²) < 4.78 is 47.6. The number of hydrogen-bond donors (Lipinski definition) is 0. The first-order valence-electron chi connectivity index (χ1n) is 13.9. The van der Waals surface area contributed by atoms with E-state index in [1.54, 1.807) is 35.4 Å². The lowest BCUT2D eigenvalue weighted by atomic mass is 10.1. The molecule has 2 saturated heterocycles. The van der Waals surface area contributed by atoms with E-state index in [1.807, 2.05) is 20.8 Å². The number of aromatic nitrogens is 2. The predicted molar refractivity (Wildman–Crippen MR) is 162 cm³/mol. The van der Waals surface area contributed by atoms with Gasteiger partial charge in [-0.05, 0) is 74.0 Å². The van der Waals surface area contributed by atoms with Crippen molar-refractivity contribution in [1.82, 2.24) is 24.5 Å². The van der Waals surface area contributed by atoms with Crippen LogP contribution in [0.1, 0.15) is 37.5 Å². The number of carbonyl (C=O) groups is 3. The van der Waals surface area contributed by atoms with Crippen molar-refractivity contribution in [2.24, 2.45) is 0 Å². The number of rotatable bonds is 6. The van der Waals surface area contributed by atoms with E-state index >= 15 is 0 Å². The first kappa shape index (κ1) is 31.9. The number of imide groups is 1. The summed E-state index contributed by atoms with van der Waals surface area (Å²) in [4.78, 5) is 43.3. The molecule has 2 aromatic carbocycles. The van der Waals surface area contributed by atoms with Crippen LogP contribution in [0, 0.1) is 0 Å². The first-order chi connectivity index (χ1) is 20.7. The predicted octanol–water partition coefficient (Wildman–Crippen LogP) is 6.35. The molecule has 3 aromatic rings. The highest BCUT2D eigenvalue weighted by Crippen LogP contribution is 2.35. The minimum Gasteiger partial charge on any atom is -0.444 e. The molecule has 2 aliphatic rings. The zero-order valence-corrected chi connectivity index (χ0v) is 25.9. The fourth-order valence-electron chi connectivity index (χ4n) is 5.00. The molecule has 5 rings (SSSR count). The highest BCUT2D eigenvalue weighted by atomic mass is 35.5. The molecule has 3 heterocycles. The minimum atomic E-state index is -4.56. The molecule has 234 valence electrons. The highest BCUT2D eigenvalue weighted by Gasteiger charge is 2.36. The lowest BCUT2D eigenvalue weighted by Crippen LogP contribution is -2.51. The van der Waals surface area contributed by atoms with E-state index in [4.69, 9.17) is 16.3 Å². The van der Waals surface area contributed by atoms with Gasteiger partial charge in [-0.1, -0.05) is 23.7 Å². The van der Waals surface area contributed by atoms with Crippen LogP contribution in [0.2, 0.25) is 5.02 Å². The molecule has 0 bridgehead atoms. The van der Waals surface area contributed by atoms with Gasteiger partial charge in [0.15, 0.2) is 0 Å². The van der Waals surface area contributed by atoms with Gasteiger partial charge in [0.2, 0.25) is 0 Å². The molecule has 0 N–H and O–H groups in total. The average molecular weight is 650 g/mol. The molecule has 0 aliphatic carbocycles. The fraction of sp³-hybridized carbons (Fsp3) is 0.400. The molecule has 0 unspecified atom stereocenters. The lowest BCUT2D eigenvalue weighted by Gasteiger charge is -2.35. The molecule has 2 fully saturated rings. The monoisotopic (exact) mass is 649 g/mol. The van der Waals surface area contributed by atoms with Crippen LogP contribution in [0.5, 0.6) is 0 Å². The number of alkyl halides is 3. The largest absolute Gasteiger partial charge is 0.444 e. The summed E-state index contributed by atoms with van der Waals surface area (Å²) in [7, 11) is 0. The summed E-state index contributed by atoms with van der Waals surface area (Å²) in [6, 6.07) is 8.87. The maximum atomic E-state index is 13.6. The smallest absolute Gasteiger partial charge is 0.416 e. The van der Waals surface area contributed by atoms with E-state index in [-0.39, 0.29) is 45.8 Å². The number of carbonyl (C=O) groups excluding carboxylic acids is 3. The Kier molecular flexibility index (Phi) is 9.01. The second-order valence-corrected chi connectivity index (χ2v) is 13.0. The Morgan fingerprint density at radius 2 is 1.77 bits per heavy atom. The molecular weight excluding hydrogens is 619 g/mol. The number of piperazine rings is 1.